The molecule has 1 atom stereocenters. The fourth-order valence-electron chi connectivity index (χ4n) is 2.47. The summed E-state index contributed by atoms with van der Waals surface area (Å²) in [6.45, 7) is 2.52. The Bertz CT molecular complexity index is 690. The summed E-state index contributed by atoms with van der Waals surface area (Å²) >= 11 is 5.94. The van der Waals surface area contributed by atoms with E-state index < -0.39 is 6.10 Å². The van der Waals surface area contributed by atoms with E-state index in [4.69, 9.17) is 21.1 Å². The van der Waals surface area contributed by atoms with E-state index in [1.54, 1.807) is 31.4 Å². The Balaban J connectivity index is 1.77. The Morgan fingerprint density at radius 2 is 1.92 bits per heavy atom. The van der Waals surface area contributed by atoms with Crippen molar-refractivity contribution in [1.29, 1.82) is 0 Å². The minimum absolute atomic E-state index is 0.104. The molecule has 0 saturated heterocycles. The molecule has 0 spiro atoms. The molecule has 0 radical (unpaired) electrons. The second-order valence-corrected chi connectivity index (χ2v) is 6.15. The molecule has 4 nitrogen and oxygen atoms in total. The molecule has 1 amide bonds. The number of aryl methyl sites for hydroxylation is 1. The lowest BCUT2D eigenvalue weighted by molar-refractivity contribution is -0.128. The third-order valence-corrected chi connectivity index (χ3v) is 4.05. The molecule has 0 heterocycles. The highest BCUT2D eigenvalue weighted by Gasteiger charge is 2.17. The first-order valence-corrected chi connectivity index (χ1v) is 8.83. The fraction of sp³-hybridized carbons (Fsp3) is 0.350. The highest BCUT2D eigenvalue weighted by molar-refractivity contribution is 6.30. The van der Waals surface area contributed by atoms with Crippen LogP contribution < -0.4 is 14.8 Å². The SMILES string of the molecule is CCC(Oc1cccc(Cl)c1)C(=O)NCCCc1cccc(OC)c1. The van der Waals surface area contributed by atoms with Crippen LogP contribution in [-0.4, -0.2) is 25.7 Å². The van der Waals surface area contributed by atoms with Gasteiger partial charge >= 0.3 is 0 Å². The van der Waals surface area contributed by atoms with Gasteiger partial charge in [-0.05, 0) is 55.2 Å². The lowest BCUT2D eigenvalue weighted by Gasteiger charge is -2.17. The molecule has 0 aliphatic rings. The largest absolute Gasteiger partial charge is 0.497 e. The van der Waals surface area contributed by atoms with Gasteiger partial charge in [-0.1, -0.05) is 36.7 Å². The molecular weight excluding hydrogens is 338 g/mol. The van der Waals surface area contributed by atoms with Crippen molar-refractivity contribution < 1.29 is 14.3 Å². The molecule has 0 aromatic heterocycles. The maximum Gasteiger partial charge on any atom is 0.261 e. The zero-order chi connectivity index (χ0) is 18.1. The number of amides is 1. The maximum absolute atomic E-state index is 12.3. The van der Waals surface area contributed by atoms with E-state index in [1.165, 1.54) is 5.56 Å². The smallest absolute Gasteiger partial charge is 0.261 e. The predicted octanol–water partition coefficient (Wildman–Crippen LogP) is 4.26. The van der Waals surface area contributed by atoms with Gasteiger partial charge in [-0.3, -0.25) is 4.79 Å². The lowest BCUT2D eigenvalue weighted by atomic mass is 10.1. The highest BCUT2D eigenvalue weighted by Crippen LogP contribution is 2.19. The van der Waals surface area contributed by atoms with Gasteiger partial charge in [-0.15, -0.1) is 0 Å². The molecule has 134 valence electrons. The lowest BCUT2D eigenvalue weighted by Crippen LogP contribution is -2.38. The van der Waals surface area contributed by atoms with E-state index in [9.17, 15) is 4.79 Å². The Kier molecular flexibility index (Phi) is 7.61. The summed E-state index contributed by atoms with van der Waals surface area (Å²) < 4.78 is 11.0. The van der Waals surface area contributed by atoms with Crippen molar-refractivity contribution in [2.24, 2.45) is 0 Å². The molecule has 2 aromatic rings. The van der Waals surface area contributed by atoms with E-state index in [-0.39, 0.29) is 5.91 Å². The number of hydrogen-bond acceptors (Lipinski definition) is 3. The number of carbonyl (C=O) groups excluding carboxylic acids is 1. The molecule has 1 N–H and O–H groups in total. The summed E-state index contributed by atoms with van der Waals surface area (Å²) in [6.07, 6.45) is 1.81. The minimum Gasteiger partial charge on any atom is -0.497 e. The van der Waals surface area contributed by atoms with Crippen molar-refractivity contribution in [3.63, 3.8) is 0 Å². The Labute approximate surface area is 154 Å². The zero-order valence-corrected chi connectivity index (χ0v) is 15.4. The van der Waals surface area contributed by atoms with Gasteiger partial charge in [-0.2, -0.15) is 0 Å². The average Bonchev–Trinajstić information content (AvgIpc) is 2.63. The number of nitrogens with one attached hydrogen (secondary N) is 1. The summed E-state index contributed by atoms with van der Waals surface area (Å²) in [5.41, 5.74) is 1.19. The Morgan fingerprint density at radius 1 is 1.16 bits per heavy atom. The van der Waals surface area contributed by atoms with Crippen LogP contribution in [0.15, 0.2) is 48.5 Å². The normalized spacial score (nSPS) is 11.6. The number of methoxy groups -OCH3 is 1. The van der Waals surface area contributed by atoms with E-state index in [0.29, 0.717) is 23.7 Å². The van der Waals surface area contributed by atoms with Crippen molar-refractivity contribution in [2.45, 2.75) is 32.3 Å². The molecule has 0 fully saturated rings. The molecular formula is C20H24ClNO3. The van der Waals surface area contributed by atoms with Gasteiger partial charge in [0, 0.05) is 11.6 Å². The standard InChI is InChI=1S/C20H24ClNO3/c1-3-19(25-18-11-5-9-16(21)14-18)20(23)22-12-6-8-15-7-4-10-17(13-15)24-2/h4-5,7,9-11,13-14,19H,3,6,8,12H2,1-2H3,(H,22,23). The number of carbonyl (C=O) groups is 1. The molecule has 0 aliphatic heterocycles. The first kappa shape index (κ1) is 19.1. The third kappa shape index (κ3) is 6.31. The van der Waals surface area contributed by atoms with Crippen molar-refractivity contribution in [2.75, 3.05) is 13.7 Å². The van der Waals surface area contributed by atoms with Gasteiger partial charge in [0.1, 0.15) is 11.5 Å². The van der Waals surface area contributed by atoms with Crippen LogP contribution in [0.25, 0.3) is 0 Å². The molecule has 5 heteroatoms. The number of halogens is 1. The molecule has 0 saturated carbocycles. The molecule has 0 bridgehead atoms. The first-order chi connectivity index (χ1) is 12.1. The zero-order valence-electron chi connectivity index (χ0n) is 14.6. The number of benzene rings is 2. The van der Waals surface area contributed by atoms with Crippen LogP contribution in [-0.2, 0) is 11.2 Å². The van der Waals surface area contributed by atoms with E-state index in [0.717, 1.165) is 18.6 Å². The second kappa shape index (κ2) is 9.94. The molecule has 1 unspecified atom stereocenters. The molecule has 25 heavy (non-hydrogen) atoms. The highest BCUT2D eigenvalue weighted by atomic mass is 35.5. The van der Waals surface area contributed by atoms with Gasteiger partial charge in [0.15, 0.2) is 6.10 Å². The summed E-state index contributed by atoms with van der Waals surface area (Å²) in [4.78, 5) is 12.3. The van der Waals surface area contributed by atoms with Crippen LogP contribution in [0.2, 0.25) is 5.02 Å². The summed E-state index contributed by atoms with van der Waals surface area (Å²) in [6, 6.07) is 15.0. The number of ether oxygens (including phenoxy) is 2. The summed E-state index contributed by atoms with van der Waals surface area (Å²) in [5, 5.41) is 3.53. The van der Waals surface area contributed by atoms with Crippen LogP contribution in [0.4, 0.5) is 0 Å². The van der Waals surface area contributed by atoms with Crippen LogP contribution in [0.5, 0.6) is 11.5 Å². The van der Waals surface area contributed by atoms with Crippen molar-refractivity contribution >= 4 is 17.5 Å². The van der Waals surface area contributed by atoms with Crippen LogP contribution in [0.1, 0.15) is 25.3 Å². The Hall–Kier alpha value is -2.20. The van der Waals surface area contributed by atoms with Crippen LogP contribution in [0.3, 0.4) is 0 Å². The fourth-order valence-corrected chi connectivity index (χ4v) is 2.65. The monoisotopic (exact) mass is 361 g/mol. The Morgan fingerprint density at radius 3 is 2.64 bits per heavy atom. The summed E-state index contributed by atoms with van der Waals surface area (Å²) in [7, 11) is 1.66. The molecule has 0 aliphatic carbocycles. The first-order valence-electron chi connectivity index (χ1n) is 8.45. The van der Waals surface area contributed by atoms with Gasteiger partial charge in [0.25, 0.3) is 5.91 Å². The molecule has 2 rings (SSSR count). The van der Waals surface area contributed by atoms with Gasteiger partial charge in [0.2, 0.25) is 0 Å². The average molecular weight is 362 g/mol. The topological polar surface area (TPSA) is 47.6 Å². The van der Waals surface area contributed by atoms with Crippen molar-refractivity contribution in [3.8, 4) is 11.5 Å². The second-order valence-electron chi connectivity index (χ2n) is 5.72. The van der Waals surface area contributed by atoms with E-state index in [1.807, 2.05) is 25.1 Å². The van der Waals surface area contributed by atoms with Gasteiger partial charge < -0.3 is 14.8 Å². The minimum atomic E-state index is -0.518. The van der Waals surface area contributed by atoms with Gasteiger partial charge in [-0.25, -0.2) is 0 Å². The van der Waals surface area contributed by atoms with Crippen molar-refractivity contribution in [3.05, 3.63) is 59.1 Å². The van der Waals surface area contributed by atoms with E-state index in [2.05, 4.69) is 11.4 Å². The van der Waals surface area contributed by atoms with Crippen molar-refractivity contribution in [1.82, 2.24) is 5.32 Å². The quantitative estimate of drug-likeness (QED) is 0.679. The van der Waals surface area contributed by atoms with Gasteiger partial charge in [0.05, 0.1) is 7.11 Å². The van der Waals surface area contributed by atoms with Crippen LogP contribution >= 0.6 is 11.6 Å². The molecule has 2 aromatic carbocycles. The predicted molar refractivity (Wildman–Crippen MR) is 100 cm³/mol. The van der Waals surface area contributed by atoms with Crippen LogP contribution in [0, 0.1) is 0 Å². The number of rotatable bonds is 9. The number of hydrogen-bond donors (Lipinski definition) is 1. The summed E-state index contributed by atoms with van der Waals surface area (Å²) in [5.74, 6) is 1.35. The van der Waals surface area contributed by atoms with E-state index >= 15 is 0 Å². The third-order valence-electron chi connectivity index (χ3n) is 3.81. The maximum atomic E-state index is 12.3.